The number of unbranched alkanes of at least 4 members (excludes halogenated alkanes) is 1. The number of aromatic nitrogens is 2. The molecular weight excluding hydrogens is 418 g/mol. The first-order valence-electron chi connectivity index (χ1n) is 10.9. The zero-order chi connectivity index (χ0) is 22.5. The summed E-state index contributed by atoms with van der Waals surface area (Å²) in [6.07, 6.45) is 3.51. The molecule has 1 N–H and O–H groups in total. The van der Waals surface area contributed by atoms with Crippen LogP contribution >= 0.6 is 11.3 Å². The van der Waals surface area contributed by atoms with Crippen molar-refractivity contribution in [2.75, 3.05) is 0 Å². The van der Waals surface area contributed by atoms with E-state index >= 15 is 0 Å². The second kappa shape index (κ2) is 9.92. The van der Waals surface area contributed by atoms with Gasteiger partial charge < -0.3 is 5.32 Å². The molecule has 1 amide bonds. The number of nitrogens with one attached hydrogen (secondary N) is 1. The molecule has 32 heavy (non-hydrogen) atoms. The molecule has 5 nitrogen and oxygen atoms in total. The van der Waals surface area contributed by atoms with E-state index in [0.29, 0.717) is 11.1 Å². The van der Waals surface area contributed by atoms with Crippen molar-refractivity contribution in [3.05, 3.63) is 98.1 Å². The van der Waals surface area contributed by atoms with Crippen molar-refractivity contribution < 1.29 is 4.79 Å². The average Bonchev–Trinajstić information content (AvgIpc) is 3.35. The molecule has 1 unspecified atom stereocenters. The second-order valence-electron chi connectivity index (χ2n) is 7.96. The number of carbonyl (C=O) groups excluding carboxylic acids is 1. The molecule has 0 fully saturated rings. The Balaban J connectivity index is 1.59. The van der Waals surface area contributed by atoms with Crippen LogP contribution < -0.4 is 10.9 Å². The molecule has 2 heterocycles. The van der Waals surface area contributed by atoms with Crippen molar-refractivity contribution >= 4 is 28.0 Å². The molecular formula is C26H27N3O2S. The predicted octanol–water partition coefficient (Wildman–Crippen LogP) is 4.79. The van der Waals surface area contributed by atoms with Crippen molar-refractivity contribution in [2.45, 2.75) is 38.6 Å². The SMILES string of the molecule is CCCCc1ccc(C(NC(=O)Cc2nn(C)c(=O)c3ccccc23)c2cccs2)cc1. The fourth-order valence-corrected chi connectivity index (χ4v) is 4.71. The first-order chi connectivity index (χ1) is 15.6. The van der Waals surface area contributed by atoms with Gasteiger partial charge in [-0.25, -0.2) is 4.68 Å². The Morgan fingerprint density at radius 2 is 1.81 bits per heavy atom. The van der Waals surface area contributed by atoms with Crippen LogP contribution in [0.25, 0.3) is 10.8 Å². The van der Waals surface area contributed by atoms with E-state index in [0.717, 1.165) is 22.2 Å². The van der Waals surface area contributed by atoms with Crippen LogP contribution in [0.1, 0.15) is 47.5 Å². The summed E-state index contributed by atoms with van der Waals surface area (Å²) in [6, 6.07) is 19.6. The molecule has 0 saturated carbocycles. The van der Waals surface area contributed by atoms with E-state index in [4.69, 9.17) is 0 Å². The standard InChI is InChI=1S/C26H27N3O2S/c1-3-4-8-18-12-14-19(15-13-18)25(23-11-7-16-32-23)27-24(30)17-22-20-9-5-6-10-21(20)26(31)29(2)28-22/h5-7,9-16,25H,3-4,8,17H2,1-2H3,(H,27,30). The Bertz CT molecular complexity index is 1260. The summed E-state index contributed by atoms with van der Waals surface area (Å²) in [5.41, 5.74) is 2.80. The quantitative estimate of drug-likeness (QED) is 0.424. The lowest BCUT2D eigenvalue weighted by Crippen LogP contribution is -2.31. The van der Waals surface area contributed by atoms with Crippen LogP contribution in [0.3, 0.4) is 0 Å². The van der Waals surface area contributed by atoms with E-state index < -0.39 is 0 Å². The summed E-state index contributed by atoms with van der Waals surface area (Å²) >= 11 is 1.62. The van der Waals surface area contributed by atoms with Crippen LogP contribution in [-0.4, -0.2) is 15.7 Å². The minimum atomic E-state index is -0.221. The Labute approximate surface area is 191 Å². The van der Waals surface area contributed by atoms with Gasteiger partial charge in [-0.2, -0.15) is 5.10 Å². The smallest absolute Gasteiger partial charge is 0.274 e. The highest BCUT2D eigenvalue weighted by molar-refractivity contribution is 7.10. The van der Waals surface area contributed by atoms with Crippen LogP contribution in [0, 0.1) is 0 Å². The lowest BCUT2D eigenvalue weighted by atomic mass is 10.0. The third-order valence-electron chi connectivity index (χ3n) is 5.63. The van der Waals surface area contributed by atoms with Crippen molar-refractivity contribution in [1.29, 1.82) is 0 Å². The van der Waals surface area contributed by atoms with E-state index in [1.54, 1.807) is 24.5 Å². The van der Waals surface area contributed by atoms with Crippen molar-refractivity contribution in [1.82, 2.24) is 15.1 Å². The average molecular weight is 446 g/mol. The fourth-order valence-electron chi connectivity index (χ4n) is 3.90. The van der Waals surface area contributed by atoms with E-state index in [1.165, 1.54) is 23.1 Å². The van der Waals surface area contributed by atoms with Crippen molar-refractivity contribution in [2.24, 2.45) is 7.05 Å². The number of fused-ring (bicyclic) bond motifs is 1. The second-order valence-corrected chi connectivity index (χ2v) is 8.94. The van der Waals surface area contributed by atoms with Gasteiger partial charge in [0.1, 0.15) is 0 Å². The highest BCUT2D eigenvalue weighted by Gasteiger charge is 2.20. The van der Waals surface area contributed by atoms with Gasteiger partial charge in [0.25, 0.3) is 5.56 Å². The van der Waals surface area contributed by atoms with Gasteiger partial charge in [-0.3, -0.25) is 9.59 Å². The lowest BCUT2D eigenvalue weighted by Gasteiger charge is -2.19. The summed E-state index contributed by atoms with van der Waals surface area (Å²) < 4.78 is 1.30. The molecule has 1 atom stereocenters. The fraction of sp³-hybridized carbons (Fsp3) is 0.269. The Morgan fingerprint density at radius 3 is 2.50 bits per heavy atom. The Morgan fingerprint density at radius 1 is 1.06 bits per heavy atom. The van der Waals surface area contributed by atoms with E-state index in [2.05, 4.69) is 41.6 Å². The number of benzene rings is 2. The highest BCUT2D eigenvalue weighted by Crippen LogP contribution is 2.27. The third kappa shape index (κ3) is 4.81. The number of nitrogens with zero attached hydrogens (tertiary/aromatic N) is 2. The van der Waals surface area contributed by atoms with Crippen LogP contribution in [0.15, 0.2) is 70.8 Å². The zero-order valence-electron chi connectivity index (χ0n) is 18.4. The largest absolute Gasteiger partial charge is 0.344 e. The molecule has 0 aliphatic rings. The number of rotatable bonds is 8. The predicted molar refractivity (Wildman–Crippen MR) is 130 cm³/mol. The molecule has 0 bridgehead atoms. The molecule has 164 valence electrons. The highest BCUT2D eigenvalue weighted by atomic mass is 32.1. The molecule has 0 aliphatic carbocycles. The first kappa shape index (κ1) is 22.0. The summed E-state index contributed by atoms with van der Waals surface area (Å²) in [6.45, 7) is 2.19. The molecule has 0 radical (unpaired) electrons. The lowest BCUT2D eigenvalue weighted by molar-refractivity contribution is -0.121. The Kier molecular flexibility index (Phi) is 6.81. The van der Waals surface area contributed by atoms with E-state index in [1.807, 2.05) is 35.7 Å². The number of hydrogen-bond donors (Lipinski definition) is 1. The topological polar surface area (TPSA) is 64.0 Å². The van der Waals surface area contributed by atoms with Gasteiger partial charge in [0.15, 0.2) is 0 Å². The van der Waals surface area contributed by atoms with Crippen LogP contribution in [0.2, 0.25) is 0 Å². The number of aryl methyl sites for hydroxylation is 2. The minimum absolute atomic E-state index is 0.102. The number of thiophene rings is 1. The van der Waals surface area contributed by atoms with Gasteiger partial charge in [-0.15, -0.1) is 11.3 Å². The summed E-state index contributed by atoms with van der Waals surface area (Å²) in [5.74, 6) is -0.130. The maximum atomic E-state index is 13.1. The molecule has 2 aromatic heterocycles. The van der Waals surface area contributed by atoms with Gasteiger partial charge in [-0.1, -0.05) is 61.9 Å². The summed E-state index contributed by atoms with van der Waals surface area (Å²) in [7, 11) is 1.62. The normalized spacial score (nSPS) is 12.1. The van der Waals surface area contributed by atoms with Gasteiger partial charge in [0.2, 0.25) is 5.91 Å². The van der Waals surface area contributed by atoms with Gasteiger partial charge >= 0.3 is 0 Å². The number of hydrogen-bond acceptors (Lipinski definition) is 4. The Hall–Kier alpha value is -3.25. The van der Waals surface area contributed by atoms with Crippen LogP contribution in [0.5, 0.6) is 0 Å². The summed E-state index contributed by atoms with van der Waals surface area (Å²) in [5, 5.41) is 10.9. The molecule has 0 aliphatic heterocycles. The molecule has 0 saturated heterocycles. The molecule has 2 aromatic carbocycles. The van der Waals surface area contributed by atoms with Gasteiger partial charge in [0.05, 0.1) is 23.5 Å². The maximum absolute atomic E-state index is 13.1. The van der Waals surface area contributed by atoms with Crippen LogP contribution in [0.4, 0.5) is 0 Å². The summed E-state index contributed by atoms with van der Waals surface area (Å²) in [4.78, 5) is 26.6. The molecule has 4 aromatic rings. The van der Waals surface area contributed by atoms with Crippen LogP contribution in [-0.2, 0) is 24.7 Å². The molecule has 0 spiro atoms. The maximum Gasteiger partial charge on any atom is 0.274 e. The number of amides is 1. The first-order valence-corrected chi connectivity index (χ1v) is 11.8. The monoisotopic (exact) mass is 445 g/mol. The van der Waals surface area contributed by atoms with Crippen molar-refractivity contribution in [3.8, 4) is 0 Å². The number of carbonyl (C=O) groups is 1. The third-order valence-corrected chi connectivity index (χ3v) is 6.56. The van der Waals surface area contributed by atoms with Gasteiger partial charge in [-0.05, 0) is 41.5 Å². The molecule has 4 rings (SSSR count). The van der Waals surface area contributed by atoms with E-state index in [-0.39, 0.29) is 23.9 Å². The van der Waals surface area contributed by atoms with Gasteiger partial charge in [0, 0.05) is 17.3 Å². The zero-order valence-corrected chi connectivity index (χ0v) is 19.2. The minimum Gasteiger partial charge on any atom is -0.344 e. The molecule has 6 heteroatoms. The van der Waals surface area contributed by atoms with Crippen molar-refractivity contribution in [3.63, 3.8) is 0 Å². The van der Waals surface area contributed by atoms with E-state index in [9.17, 15) is 9.59 Å².